The molecule has 3 amide bonds. The van der Waals surface area contributed by atoms with Crippen LogP contribution >= 0.6 is 0 Å². The van der Waals surface area contributed by atoms with Crippen LogP contribution in [0.2, 0.25) is 0 Å². The van der Waals surface area contributed by atoms with E-state index < -0.39 is 15.9 Å². The van der Waals surface area contributed by atoms with Gasteiger partial charge in [0.15, 0.2) is 9.84 Å². The quantitative estimate of drug-likeness (QED) is 0.843. The van der Waals surface area contributed by atoms with Gasteiger partial charge in [-0.15, -0.1) is 0 Å². The highest BCUT2D eigenvalue weighted by atomic mass is 32.2. The molecule has 1 aromatic carbocycles. The van der Waals surface area contributed by atoms with Crippen molar-refractivity contribution in [3.05, 3.63) is 29.8 Å². The lowest BCUT2D eigenvalue weighted by Gasteiger charge is -2.23. The molecule has 0 radical (unpaired) electrons. The molecular weight excluding hydrogens is 294 g/mol. The number of carbonyl (C=O) groups excluding carboxylic acids is 2. The van der Waals surface area contributed by atoms with Crippen molar-refractivity contribution < 1.29 is 18.0 Å². The summed E-state index contributed by atoms with van der Waals surface area (Å²) in [5, 5.41) is 2.39. The predicted octanol–water partition coefficient (Wildman–Crippen LogP) is 0.436. The van der Waals surface area contributed by atoms with Crippen LogP contribution in [-0.2, 0) is 9.84 Å². The largest absolute Gasteiger partial charge is 0.351 e. The minimum Gasteiger partial charge on any atom is -0.351 e. The Bertz CT molecular complexity index is 672. The van der Waals surface area contributed by atoms with Crippen molar-refractivity contribution in [2.45, 2.75) is 12.5 Å². The Morgan fingerprint density at radius 1 is 1.38 bits per heavy atom. The second-order valence-corrected chi connectivity index (χ2v) is 7.27. The first-order valence-corrected chi connectivity index (χ1v) is 8.25. The van der Waals surface area contributed by atoms with Gasteiger partial charge in [-0.2, -0.15) is 0 Å². The van der Waals surface area contributed by atoms with E-state index in [-0.39, 0.29) is 23.5 Å². The summed E-state index contributed by atoms with van der Waals surface area (Å²) in [5.74, 6) is -0.183. The van der Waals surface area contributed by atoms with Gasteiger partial charge in [0, 0.05) is 24.3 Å². The molecule has 0 aromatic heterocycles. The fourth-order valence-electron chi connectivity index (χ4n) is 2.32. The van der Waals surface area contributed by atoms with Crippen molar-refractivity contribution in [1.29, 1.82) is 0 Å². The van der Waals surface area contributed by atoms with Gasteiger partial charge in [-0.3, -0.25) is 4.79 Å². The molecule has 1 aliphatic heterocycles. The number of benzene rings is 1. The van der Waals surface area contributed by atoms with Gasteiger partial charge in [0.05, 0.1) is 11.5 Å². The number of nitrogens with two attached hydrogens (primary N) is 1. The number of sulfone groups is 1. The maximum Gasteiger partial charge on any atom is 0.316 e. The number of hydrogen-bond acceptors (Lipinski definition) is 4. The zero-order chi connectivity index (χ0) is 15.6. The summed E-state index contributed by atoms with van der Waals surface area (Å²) in [5.41, 5.74) is 5.81. The first-order valence-electron chi connectivity index (χ1n) is 6.42. The molecule has 1 fully saturated rings. The lowest BCUT2D eigenvalue weighted by Crippen LogP contribution is -2.37. The van der Waals surface area contributed by atoms with Crippen LogP contribution in [0.4, 0.5) is 10.5 Å². The van der Waals surface area contributed by atoms with Crippen LogP contribution in [0.5, 0.6) is 0 Å². The molecule has 0 aliphatic carbocycles. The van der Waals surface area contributed by atoms with Crippen molar-refractivity contribution in [3.63, 3.8) is 0 Å². The van der Waals surface area contributed by atoms with Crippen LogP contribution in [-0.4, -0.2) is 49.9 Å². The molecule has 7 nitrogen and oxygen atoms in total. The van der Waals surface area contributed by atoms with Crippen LogP contribution < -0.4 is 11.1 Å². The highest BCUT2D eigenvalue weighted by molar-refractivity contribution is 7.91. The van der Waals surface area contributed by atoms with Crippen molar-refractivity contribution in [2.24, 2.45) is 5.73 Å². The molecule has 0 saturated carbocycles. The number of rotatable bonds is 3. The summed E-state index contributed by atoms with van der Waals surface area (Å²) in [7, 11) is -1.46. The van der Waals surface area contributed by atoms with Gasteiger partial charge in [-0.05, 0) is 24.6 Å². The molecule has 1 atom stereocenters. The van der Waals surface area contributed by atoms with Gasteiger partial charge in [0.2, 0.25) is 0 Å². The van der Waals surface area contributed by atoms with Crippen LogP contribution in [0.1, 0.15) is 16.8 Å². The van der Waals surface area contributed by atoms with Gasteiger partial charge >= 0.3 is 6.03 Å². The Labute approximate surface area is 123 Å². The molecule has 0 bridgehead atoms. The number of urea groups is 1. The zero-order valence-electron chi connectivity index (χ0n) is 11.6. The van der Waals surface area contributed by atoms with Gasteiger partial charge in [-0.25, -0.2) is 13.2 Å². The normalized spacial score (nSPS) is 20.0. The first kappa shape index (κ1) is 15.3. The van der Waals surface area contributed by atoms with Gasteiger partial charge in [0.25, 0.3) is 5.91 Å². The highest BCUT2D eigenvalue weighted by Gasteiger charge is 2.33. The molecule has 2 rings (SSSR count). The lowest BCUT2D eigenvalue weighted by molar-refractivity contribution is 0.0747. The Hall–Kier alpha value is -2.09. The molecule has 8 heteroatoms. The minimum atomic E-state index is -3.05. The number of nitrogens with zero attached hydrogens (tertiary/aromatic N) is 1. The Balaban J connectivity index is 2.14. The predicted molar refractivity (Wildman–Crippen MR) is 78.8 cm³/mol. The van der Waals surface area contributed by atoms with Crippen LogP contribution in [0.3, 0.4) is 0 Å². The summed E-state index contributed by atoms with van der Waals surface area (Å²) < 4.78 is 23.0. The number of nitrogens with one attached hydrogen (secondary N) is 1. The van der Waals surface area contributed by atoms with E-state index in [1.165, 1.54) is 11.0 Å². The van der Waals surface area contributed by atoms with E-state index in [2.05, 4.69) is 5.32 Å². The summed E-state index contributed by atoms with van der Waals surface area (Å²) in [6.07, 6.45) is 0.448. The number of hydrogen-bond donors (Lipinski definition) is 2. The number of anilines is 1. The maximum atomic E-state index is 12.4. The average molecular weight is 311 g/mol. The van der Waals surface area contributed by atoms with Crippen LogP contribution in [0, 0.1) is 0 Å². The van der Waals surface area contributed by atoms with Crippen molar-refractivity contribution in [2.75, 3.05) is 23.9 Å². The van der Waals surface area contributed by atoms with E-state index in [1.807, 2.05) is 0 Å². The molecule has 0 spiro atoms. The van der Waals surface area contributed by atoms with E-state index in [0.29, 0.717) is 17.7 Å². The van der Waals surface area contributed by atoms with Crippen molar-refractivity contribution >= 4 is 27.5 Å². The van der Waals surface area contributed by atoms with E-state index in [1.54, 1.807) is 25.2 Å². The third-order valence-electron chi connectivity index (χ3n) is 3.45. The highest BCUT2D eigenvalue weighted by Crippen LogP contribution is 2.19. The summed E-state index contributed by atoms with van der Waals surface area (Å²) in [4.78, 5) is 24.6. The van der Waals surface area contributed by atoms with Gasteiger partial charge in [0.1, 0.15) is 0 Å². The number of amides is 3. The van der Waals surface area contributed by atoms with Crippen LogP contribution in [0.15, 0.2) is 24.3 Å². The molecule has 21 heavy (non-hydrogen) atoms. The standard InChI is InChI=1S/C13H17N3O4S/c1-16(11-5-6-21(19,20)8-11)12(17)9-3-2-4-10(7-9)15-13(14)18/h2-4,7,11H,5-6,8H2,1H3,(H3,14,15,18). The van der Waals surface area contributed by atoms with E-state index in [9.17, 15) is 18.0 Å². The molecular formula is C13H17N3O4S. The maximum absolute atomic E-state index is 12.4. The first-order chi connectivity index (χ1) is 9.78. The molecule has 1 saturated heterocycles. The second kappa shape index (κ2) is 5.72. The molecule has 114 valence electrons. The summed E-state index contributed by atoms with van der Waals surface area (Å²) in [6.45, 7) is 0. The minimum absolute atomic E-state index is 0.00549. The smallest absolute Gasteiger partial charge is 0.316 e. The van der Waals surface area contributed by atoms with Crippen molar-refractivity contribution in [1.82, 2.24) is 4.90 Å². The summed E-state index contributed by atoms with van der Waals surface area (Å²) >= 11 is 0. The number of primary amides is 1. The second-order valence-electron chi connectivity index (χ2n) is 5.04. The molecule has 3 N–H and O–H groups in total. The van der Waals surface area contributed by atoms with E-state index >= 15 is 0 Å². The zero-order valence-corrected chi connectivity index (χ0v) is 12.4. The fourth-order valence-corrected chi connectivity index (χ4v) is 4.10. The third-order valence-corrected chi connectivity index (χ3v) is 5.20. The average Bonchev–Trinajstić information content (AvgIpc) is 2.77. The Morgan fingerprint density at radius 2 is 2.10 bits per heavy atom. The van der Waals surface area contributed by atoms with E-state index in [0.717, 1.165) is 0 Å². The molecule has 1 aliphatic rings. The fraction of sp³-hybridized carbons (Fsp3) is 0.385. The van der Waals surface area contributed by atoms with Gasteiger partial charge < -0.3 is 16.0 Å². The SMILES string of the molecule is CN(C(=O)c1cccc(NC(N)=O)c1)C1CCS(=O)(=O)C1. The lowest BCUT2D eigenvalue weighted by atomic mass is 10.1. The monoisotopic (exact) mass is 311 g/mol. The van der Waals surface area contributed by atoms with Crippen LogP contribution in [0.25, 0.3) is 0 Å². The number of carbonyl (C=O) groups is 2. The molecule has 1 unspecified atom stereocenters. The Kier molecular flexibility index (Phi) is 4.17. The van der Waals surface area contributed by atoms with Crippen molar-refractivity contribution in [3.8, 4) is 0 Å². The molecule has 1 heterocycles. The van der Waals surface area contributed by atoms with E-state index in [4.69, 9.17) is 5.73 Å². The topological polar surface area (TPSA) is 110 Å². The van der Waals surface area contributed by atoms with Gasteiger partial charge in [-0.1, -0.05) is 6.07 Å². The molecule has 1 aromatic rings. The Morgan fingerprint density at radius 3 is 2.67 bits per heavy atom. The third kappa shape index (κ3) is 3.72. The summed E-state index contributed by atoms with van der Waals surface area (Å²) in [6, 6.07) is 5.32.